The molecular weight excluding hydrogens is 254 g/mol. The van der Waals surface area contributed by atoms with Crippen LogP contribution in [0.4, 0.5) is 8.78 Å². The van der Waals surface area contributed by atoms with Gasteiger partial charge in [0.1, 0.15) is 17.4 Å². The van der Waals surface area contributed by atoms with E-state index < -0.39 is 11.6 Å². The van der Waals surface area contributed by atoms with Crippen molar-refractivity contribution in [2.24, 2.45) is 0 Å². The Hall–Kier alpha value is -1.69. The molecule has 1 saturated heterocycles. The largest absolute Gasteiger partial charge is 0.484 e. The van der Waals surface area contributed by atoms with E-state index in [1.54, 1.807) is 4.90 Å². The van der Waals surface area contributed by atoms with E-state index >= 15 is 0 Å². The lowest BCUT2D eigenvalue weighted by atomic mass is 10.3. The molecule has 0 unspecified atom stereocenters. The lowest BCUT2D eigenvalue weighted by molar-refractivity contribution is -0.133. The average molecular weight is 270 g/mol. The fourth-order valence-corrected chi connectivity index (χ4v) is 1.94. The first-order chi connectivity index (χ1) is 9.15. The van der Waals surface area contributed by atoms with Crippen LogP contribution in [0.25, 0.3) is 0 Å². The molecule has 0 aromatic heterocycles. The highest BCUT2D eigenvalue weighted by Crippen LogP contribution is 2.15. The summed E-state index contributed by atoms with van der Waals surface area (Å²) >= 11 is 0. The summed E-state index contributed by atoms with van der Waals surface area (Å²) in [5, 5.41) is 3.19. The summed E-state index contributed by atoms with van der Waals surface area (Å²) in [4.78, 5) is 13.6. The van der Waals surface area contributed by atoms with E-state index in [2.05, 4.69) is 5.32 Å². The number of benzene rings is 1. The van der Waals surface area contributed by atoms with Gasteiger partial charge in [0.15, 0.2) is 6.61 Å². The van der Waals surface area contributed by atoms with Crippen molar-refractivity contribution in [3.8, 4) is 5.75 Å². The summed E-state index contributed by atoms with van der Waals surface area (Å²) in [5.74, 6) is -1.59. The molecule has 1 aromatic rings. The molecule has 1 amide bonds. The van der Waals surface area contributed by atoms with Crippen LogP contribution in [0.3, 0.4) is 0 Å². The number of halogens is 2. The molecule has 1 N–H and O–H groups in total. The summed E-state index contributed by atoms with van der Waals surface area (Å²) in [6.07, 6.45) is 0.889. The van der Waals surface area contributed by atoms with E-state index in [1.807, 2.05) is 0 Å². The number of hydrogen-bond donors (Lipinski definition) is 1. The maximum atomic E-state index is 12.9. The smallest absolute Gasteiger partial charge is 0.260 e. The Morgan fingerprint density at radius 1 is 1.21 bits per heavy atom. The minimum atomic E-state index is -0.721. The van der Waals surface area contributed by atoms with Gasteiger partial charge in [0.05, 0.1) is 0 Å². The predicted octanol–water partition coefficient (Wildman–Crippen LogP) is 1.17. The van der Waals surface area contributed by atoms with Crippen LogP contribution in [0.5, 0.6) is 5.75 Å². The second-order valence-electron chi connectivity index (χ2n) is 4.38. The van der Waals surface area contributed by atoms with Crippen molar-refractivity contribution in [3.63, 3.8) is 0 Å². The van der Waals surface area contributed by atoms with Crippen LogP contribution in [-0.2, 0) is 4.79 Å². The quantitative estimate of drug-likeness (QED) is 0.896. The first-order valence-electron chi connectivity index (χ1n) is 6.22. The number of nitrogens with zero attached hydrogens (tertiary/aromatic N) is 1. The van der Waals surface area contributed by atoms with Crippen LogP contribution in [0.1, 0.15) is 6.42 Å². The summed E-state index contributed by atoms with van der Waals surface area (Å²) in [7, 11) is 0. The average Bonchev–Trinajstić information content (AvgIpc) is 2.63. The van der Waals surface area contributed by atoms with Crippen molar-refractivity contribution in [1.82, 2.24) is 10.2 Å². The van der Waals surface area contributed by atoms with Gasteiger partial charge in [-0.15, -0.1) is 0 Å². The van der Waals surface area contributed by atoms with E-state index in [9.17, 15) is 13.6 Å². The van der Waals surface area contributed by atoms with E-state index in [-0.39, 0.29) is 18.3 Å². The maximum absolute atomic E-state index is 12.9. The Balaban J connectivity index is 1.88. The van der Waals surface area contributed by atoms with Crippen molar-refractivity contribution in [2.75, 3.05) is 32.8 Å². The number of ether oxygens (including phenoxy) is 1. The zero-order valence-corrected chi connectivity index (χ0v) is 10.5. The third-order valence-electron chi connectivity index (χ3n) is 2.89. The molecule has 6 heteroatoms. The highest BCUT2D eigenvalue weighted by atomic mass is 19.1. The minimum absolute atomic E-state index is 0.0267. The van der Waals surface area contributed by atoms with Crippen LogP contribution in [0.15, 0.2) is 18.2 Å². The Bertz CT molecular complexity index is 426. The van der Waals surface area contributed by atoms with Crippen molar-refractivity contribution in [1.29, 1.82) is 0 Å². The molecule has 19 heavy (non-hydrogen) atoms. The molecule has 4 nitrogen and oxygen atoms in total. The van der Waals surface area contributed by atoms with Crippen LogP contribution >= 0.6 is 0 Å². The SMILES string of the molecule is O=C(COc1cc(F)cc(F)c1)N1CCCNCC1. The Labute approximate surface area is 110 Å². The van der Waals surface area contributed by atoms with Gasteiger partial charge in [-0.25, -0.2) is 8.78 Å². The molecule has 1 heterocycles. The monoisotopic (exact) mass is 270 g/mol. The fourth-order valence-electron chi connectivity index (χ4n) is 1.94. The van der Waals surface area contributed by atoms with Crippen molar-refractivity contribution in [3.05, 3.63) is 29.8 Å². The lowest BCUT2D eigenvalue weighted by Gasteiger charge is -2.20. The molecule has 0 spiro atoms. The molecule has 0 saturated carbocycles. The van der Waals surface area contributed by atoms with Crippen molar-refractivity contribution >= 4 is 5.91 Å². The summed E-state index contributed by atoms with van der Waals surface area (Å²) in [6.45, 7) is 2.73. The summed E-state index contributed by atoms with van der Waals surface area (Å²) in [5.41, 5.74) is 0. The first kappa shape index (κ1) is 13.7. The molecule has 0 bridgehead atoms. The maximum Gasteiger partial charge on any atom is 0.260 e. The number of carbonyl (C=O) groups excluding carboxylic acids is 1. The second-order valence-corrected chi connectivity index (χ2v) is 4.38. The molecule has 0 radical (unpaired) electrons. The minimum Gasteiger partial charge on any atom is -0.484 e. The Morgan fingerprint density at radius 3 is 2.68 bits per heavy atom. The lowest BCUT2D eigenvalue weighted by Crippen LogP contribution is -2.37. The molecule has 104 valence electrons. The predicted molar refractivity (Wildman–Crippen MR) is 65.9 cm³/mol. The molecule has 1 aliphatic rings. The van der Waals surface area contributed by atoms with E-state index in [0.29, 0.717) is 13.1 Å². The van der Waals surface area contributed by atoms with Gasteiger partial charge in [0, 0.05) is 37.8 Å². The Morgan fingerprint density at radius 2 is 1.95 bits per heavy atom. The van der Waals surface area contributed by atoms with Crippen molar-refractivity contribution in [2.45, 2.75) is 6.42 Å². The van der Waals surface area contributed by atoms with Crippen LogP contribution < -0.4 is 10.1 Å². The molecule has 1 fully saturated rings. The Kier molecular flexibility index (Phi) is 4.68. The number of hydrogen-bond acceptors (Lipinski definition) is 3. The first-order valence-corrected chi connectivity index (χ1v) is 6.22. The third kappa shape index (κ3) is 4.17. The number of rotatable bonds is 3. The second kappa shape index (κ2) is 6.47. The normalized spacial score (nSPS) is 16.0. The molecule has 0 atom stereocenters. The van der Waals surface area contributed by atoms with E-state index in [0.717, 1.165) is 37.7 Å². The molecule has 0 aliphatic carbocycles. The van der Waals surface area contributed by atoms with Gasteiger partial charge >= 0.3 is 0 Å². The molecule has 1 aliphatic heterocycles. The van der Waals surface area contributed by atoms with E-state index in [4.69, 9.17) is 4.74 Å². The van der Waals surface area contributed by atoms with Crippen LogP contribution in [0, 0.1) is 11.6 Å². The van der Waals surface area contributed by atoms with Gasteiger partial charge in [-0.3, -0.25) is 4.79 Å². The molecule has 1 aromatic carbocycles. The van der Waals surface area contributed by atoms with Crippen LogP contribution in [0.2, 0.25) is 0 Å². The van der Waals surface area contributed by atoms with Gasteiger partial charge in [-0.05, 0) is 13.0 Å². The van der Waals surface area contributed by atoms with Crippen LogP contribution in [-0.4, -0.2) is 43.6 Å². The van der Waals surface area contributed by atoms with Gasteiger partial charge in [-0.1, -0.05) is 0 Å². The highest BCUT2D eigenvalue weighted by Gasteiger charge is 2.15. The highest BCUT2D eigenvalue weighted by molar-refractivity contribution is 5.77. The number of nitrogens with one attached hydrogen (secondary N) is 1. The molecular formula is C13H16F2N2O2. The van der Waals surface area contributed by atoms with Gasteiger partial charge in [0.25, 0.3) is 5.91 Å². The fraction of sp³-hybridized carbons (Fsp3) is 0.462. The molecule has 2 rings (SSSR count). The third-order valence-corrected chi connectivity index (χ3v) is 2.89. The zero-order valence-electron chi connectivity index (χ0n) is 10.5. The van der Waals surface area contributed by atoms with Gasteiger partial charge in [0.2, 0.25) is 0 Å². The number of carbonyl (C=O) groups is 1. The summed E-state index contributed by atoms with van der Waals surface area (Å²) in [6, 6.07) is 2.87. The summed E-state index contributed by atoms with van der Waals surface area (Å²) < 4.78 is 31.0. The standard InChI is InChI=1S/C13H16F2N2O2/c14-10-6-11(15)8-12(7-10)19-9-13(18)17-4-1-2-16-3-5-17/h6-8,16H,1-5,9H2. The van der Waals surface area contributed by atoms with E-state index in [1.165, 1.54) is 0 Å². The topological polar surface area (TPSA) is 41.6 Å². The zero-order chi connectivity index (χ0) is 13.7. The van der Waals surface area contributed by atoms with Gasteiger partial charge in [-0.2, -0.15) is 0 Å². The van der Waals surface area contributed by atoms with Gasteiger partial charge < -0.3 is 15.0 Å². The number of amides is 1. The van der Waals surface area contributed by atoms with Crippen molar-refractivity contribution < 1.29 is 18.3 Å².